The average molecular weight is 437 g/mol. The third-order valence-corrected chi connectivity index (χ3v) is 6.08. The second-order valence-electron chi connectivity index (χ2n) is 6.91. The molecule has 8 nitrogen and oxygen atoms in total. The fraction of sp³-hybridized carbons (Fsp3) is 0.227. The largest absolute Gasteiger partial charge is 0.454 e. The highest BCUT2D eigenvalue weighted by molar-refractivity contribution is 7.22. The topological polar surface area (TPSA) is 96.9 Å². The summed E-state index contributed by atoms with van der Waals surface area (Å²) in [6, 6.07) is 12.8. The molecule has 3 aromatic rings. The molecule has 9 heteroatoms. The van der Waals surface area contributed by atoms with Crippen LogP contribution in [0.2, 0.25) is 0 Å². The highest BCUT2D eigenvalue weighted by atomic mass is 32.1. The molecule has 1 aliphatic heterocycles. The van der Waals surface area contributed by atoms with E-state index < -0.39 is 36.3 Å². The normalized spacial score (nSPS) is 13.9. The number of carbonyl (C=O) groups excluding carboxylic acids is 4. The zero-order chi connectivity index (χ0) is 22.1. The maximum Gasteiger partial charge on any atom is 0.329 e. The van der Waals surface area contributed by atoms with Crippen LogP contribution in [0.1, 0.15) is 34.6 Å². The second kappa shape index (κ2) is 8.27. The van der Waals surface area contributed by atoms with Crippen LogP contribution in [0, 0.1) is 0 Å². The quantitative estimate of drug-likeness (QED) is 0.435. The predicted molar refractivity (Wildman–Crippen MR) is 115 cm³/mol. The first-order valence-corrected chi connectivity index (χ1v) is 10.5. The first-order valence-electron chi connectivity index (χ1n) is 9.71. The molecule has 31 heavy (non-hydrogen) atoms. The Morgan fingerprint density at radius 2 is 1.68 bits per heavy atom. The Hall–Kier alpha value is -3.59. The lowest BCUT2D eigenvalue weighted by molar-refractivity contribution is -0.151. The van der Waals surface area contributed by atoms with Gasteiger partial charge in [-0.15, -0.1) is 0 Å². The minimum atomic E-state index is -1.15. The number of imide groups is 1. The van der Waals surface area contributed by atoms with Crippen molar-refractivity contribution < 1.29 is 23.9 Å². The Bertz CT molecular complexity index is 1140. The monoisotopic (exact) mass is 437 g/mol. The van der Waals surface area contributed by atoms with Crippen molar-refractivity contribution in [3.63, 3.8) is 0 Å². The average Bonchev–Trinajstić information content (AvgIpc) is 3.31. The number of amides is 3. The van der Waals surface area contributed by atoms with E-state index in [1.807, 2.05) is 24.3 Å². The number of ether oxygens (including phenoxy) is 1. The van der Waals surface area contributed by atoms with E-state index >= 15 is 0 Å². The molecule has 1 aliphatic rings. The van der Waals surface area contributed by atoms with E-state index in [1.54, 1.807) is 19.1 Å². The third kappa shape index (κ3) is 3.68. The van der Waals surface area contributed by atoms with Gasteiger partial charge >= 0.3 is 5.97 Å². The van der Waals surface area contributed by atoms with Gasteiger partial charge in [0, 0.05) is 6.54 Å². The van der Waals surface area contributed by atoms with Crippen LogP contribution in [0.4, 0.5) is 5.13 Å². The molecule has 0 saturated heterocycles. The van der Waals surface area contributed by atoms with Crippen molar-refractivity contribution >= 4 is 50.4 Å². The standard InChI is InChI=1S/C22H19N3O5S/c1-3-24(22-23-16-10-6-7-11-17(16)31-22)18(26)12-30-21(29)13(2)25-19(27)14-8-4-5-9-15(14)20(25)28/h4-11,13H,3,12H2,1-2H3. The molecule has 4 rings (SSSR count). The van der Waals surface area contributed by atoms with Crippen LogP contribution >= 0.6 is 11.3 Å². The van der Waals surface area contributed by atoms with Crippen LogP contribution < -0.4 is 4.90 Å². The van der Waals surface area contributed by atoms with Gasteiger partial charge in [0.1, 0.15) is 6.04 Å². The smallest absolute Gasteiger partial charge is 0.329 e. The minimum absolute atomic E-state index is 0.247. The van der Waals surface area contributed by atoms with Crippen molar-refractivity contribution in [2.75, 3.05) is 18.1 Å². The summed E-state index contributed by atoms with van der Waals surface area (Å²) in [7, 11) is 0. The summed E-state index contributed by atoms with van der Waals surface area (Å²) in [6.07, 6.45) is 0. The van der Waals surface area contributed by atoms with Gasteiger partial charge in [-0.25, -0.2) is 9.78 Å². The lowest BCUT2D eigenvalue weighted by Gasteiger charge is -2.22. The van der Waals surface area contributed by atoms with Crippen molar-refractivity contribution in [3.8, 4) is 0 Å². The molecule has 1 atom stereocenters. The second-order valence-corrected chi connectivity index (χ2v) is 7.92. The molecule has 0 saturated carbocycles. The number of nitrogens with zero attached hydrogens (tertiary/aromatic N) is 3. The van der Waals surface area contributed by atoms with Crippen molar-refractivity contribution in [2.45, 2.75) is 19.9 Å². The van der Waals surface area contributed by atoms with Gasteiger partial charge in [-0.05, 0) is 38.1 Å². The number of aromatic nitrogens is 1. The van der Waals surface area contributed by atoms with Crippen molar-refractivity contribution in [2.24, 2.45) is 0 Å². The summed E-state index contributed by atoms with van der Waals surface area (Å²) < 4.78 is 6.10. The van der Waals surface area contributed by atoms with Crippen LogP contribution in [0.3, 0.4) is 0 Å². The molecule has 2 heterocycles. The van der Waals surface area contributed by atoms with E-state index in [9.17, 15) is 19.2 Å². The number of hydrogen-bond acceptors (Lipinski definition) is 7. The molecule has 2 aromatic carbocycles. The number of carbonyl (C=O) groups is 4. The van der Waals surface area contributed by atoms with E-state index in [0.717, 1.165) is 15.1 Å². The van der Waals surface area contributed by atoms with Crippen molar-refractivity contribution in [3.05, 3.63) is 59.7 Å². The summed E-state index contributed by atoms with van der Waals surface area (Å²) >= 11 is 1.37. The highest BCUT2D eigenvalue weighted by Gasteiger charge is 2.41. The lowest BCUT2D eigenvalue weighted by atomic mass is 10.1. The number of fused-ring (bicyclic) bond motifs is 2. The third-order valence-electron chi connectivity index (χ3n) is 5.02. The molecule has 3 amide bonds. The Morgan fingerprint density at radius 1 is 1.06 bits per heavy atom. The number of hydrogen-bond donors (Lipinski definition) is 0. The summed E-state index contributed by atoms with van der Waals surface area (Å²) in [5, 5.41) is 0.512. The van der Waals surface area contributed by atoms with Gasteiger partial charge in [0.05, 0.1) is 21.3 Å². The summed E-state index contributed by atoms with van der Waals surface area (Å²) in [5.74, 6) is -2.38. The van der Waals surface area contributed by atoms with Gasteiger partial charge in [0.25, 0.3) is 17.7 Å². The van der Waals surface area contributed by atoms with Gasteiger partial charge in [-0.1, -0.05) is 35.6 Å². The van der Waals surface area contributed by atoms with Gasteiger partial charge < -0.3 is 4.74 Å². The molecule has 1 aromatic heterocycles. The number of anilines is 1. The maximum atomic E-state index is 12.7. The van der Waals surface area contributed by atoms with Crippen molar-refractivity contribution in [1.29, 1.82) is 0 Å². The first kappa shape index (κ1) is 20.7. The molecule has 0 spiro atoms. The fourth-order valence-electron chi connectivity index (χ4n) is 3.39. The van der Waals surface area contributed by atoms with Crippen LogP contribution in [-0.2, 0) is 14.3 Å². The van der Waals surface area contributed by atoms with Crippen molar-refractivity contribution in [1.82, 2.24) is 9.88 Å². The summed E-state index contributed by atoms with van der Waals surface area (Å²) in [4.78, 5) is 57.0. The molecular formula is C22H19N3O5S. The van der Waals surface area contributed by atoms with Crippen LogP contribution in [-0.4, -0.2) is 52.8 Å². The molecule has 0 radical (unpaired) electrons. The molecular weight excluding hydrogens is 418 g/mol. The Morgan fingerprint density at radius 3 is 2.29 bits per heavy atom. The number of para-hydroxylation sites is 1. The molecule has 0 N–H and O–H groups in total. The van der Waals surface area contributed by atoms with E-state index in [2.05, 4.69) is 4.98 Å². The van der Waals surface area contributed by atoms with Gasteiger partial charge in [-0.3, -0.25) is 24.2 Å². The van der Waals surface area contributed by atoms with E-state index in [4.69, 9.17) is 4.74 Å². The number of thiazole rings is 1. The Labute approximate surface area is 182 Å². The maximum absolute atomic E-state index is 12.7. The summed E-state index contributed by atoms with van der Waals surface area (Å²) in [6.45, 7) is 3.03. The van der Waals surface area contributed by atoms with E-state index in [0.29, 0.717) is 11.7 Å². The van der Waals surface area contributed by atoms with Gasteiger partial charge in [-0.2, -0.15) is 0 Å². The number of likely N-dealkylation sites (N-methyl/N-ethyl adjacent to an activating group) is 1. The highest BCUT2D eigenvalue weighted by Crippen LogP contribution is 2.29. The van der Waals surface area contributed by atoms with E-state index in [-0.39, 0.29) is 11.1 Å². The number of rotatable bonds is 6. The zero-order valence-corrected chi connectivity index (χ0v) is 17.7. The molecule has 158 valence electrons. The molecule has 1 unspecified atom stereocenters. The first-order chi connectivity index (χ1) is 14.9. The number of benzene rings is 2. The Balaban J connectivity index is 1.42. The molecule has 0 bridgehead atoms. The minimum Gasteiger partial charge on any atom is -0.454 e. The predicted octanol–water partition coefficient (Wildman–Crippen LogP) is 2.88. The van der Waals surface area contributed by atoms with Gasteiger partial charge in [0.15, 0.2) is 11.7 Å². The Kier molecular flexibility index (Phi) is 5.51. The molecule has 0 fully saturated rings. The molecule has 0 aliphatic carbocycles. The number of esters is 1. The van der Waals surface area contributed by atoms with Crippen LogP contribution in [0.25, 0.3) is 10.2 Å². The van der Waals surface area contributed by atoms with Crippen LogP contribution in [0.15, 0.2) is 48.5 Å². The van der Waals surface area contributed by atoms with Crippen LogP contribution in [0.5, 0.6) is 0 Å². The van der Waals surface area contributed by atoms with E-state index in [1.165, 1.54) is 35.3 Å². The van der Waals surface area contributed by atoms with Gasteiger partial charge in [0.2, 0.25) is 0 Å². The zero-order valence-electron chi connectivity index (χ0n) is 16.9. The SMILES string of the molecule is CCN(C(=O)COC(=O)C(C)N1C(=O)c2ccccc2C1=O)c1nc2ccccc2s1. The fourth-order valence-corrected chi connectivity index (χ4v) is 4.44. The lowest BCUT2D eigenvalue weighted by Crippen LogP contribution is -2.44. The summed E-state index contributed by atoms with van der Waals surface area (Å²) in [5.41, 5.74) is 1.28.